The molecule has 0 spiro atoms. The summed E-state index contributed by atoms with van der Waals surface area (Å²) >= 11 is 1.71. The Bertz CT molecular complexity index is 599. The zero-order valence-electron chi connectivity index (χ0n) is 12.7. The Balaban J connectivity index is 1.85. The predicted octanol–water partition coefficient (Wildman–Crippen LogP) is 4.71. The minimum atomic E-state index is 0.390. The molecule has 0 unspecified atom stereocenters. The largest absolute Gasteiger partial charge is 0.366 e. The molecule has 0 atom stereocenters. The van der Waals surface area contributed by atoms with E-state index in [1.807, 2.05) is 0 Å². The number of aromatic nitrogens is 2. The third-order valence-corrected chi connectivity index (χ3v) is 5.05. The van der Waals surface area contributed by atoms with E-state index in [0.29, 0.717) is 16.9 Å². The lowest BCUT2D eigenvalue weighted by Gasteiger charge is -2.45. The van der Waals surface area contributed by atoms with E-state index in [4.69, 9.17) is 0 Å². The molecule has 1 fully saturated rings. The fourth-order valence-electron chi connectivity index (χ4n) is 4.03. The number of anilines is 1. The van der Waals surface area contributed by atoms with Gasteiger partial charge in [-0.3, -0.25) is 0 Å². The molecule has 3 rings (SSSR count). The van der Waals surface area contributed by atoms with Gasteiger partial charge in [0.05, 0.1) is 10.2 Å². The molecule has 108 valence electrons. The summed E-state index contributed by atoms with van der Waals surface area (Å²) in [6.07, 6.45) is 5.35. The van der Waals surface area contributed by atoms with Crippen molar-refractivity contribution in [1.29, 1.82) is 0 Å². The zero-order valence-corrected chi connectivity index (χ0v) is 13.5. The maximum Gasteiger partial charge on any atom is 0.147 e. The molecule has 1 N–H and O–H groups in total. The lowest BCUT2D eigenvalue weighted by atomic mass is 9.63. The van der Waals surface area contributed by atoms with E-state index in [9.17, 15) is 0 Å². The van der Waals surface area contributed by atoms with E-state index in [2.05, 4.69) is 54.4 Å². The fourth-order valence-corrected chi connectivity index (χ4v) is 4.83. The first-order valence-corrected chi connectivity index (χ1v) is 8.17. The number of fused-ring (bicyclic) bond motifs is 1. The summed E-state index contributed by atoms with van der Waals surface area (Å²) < 4.78 is 1.17. The second kappa shape index (κ2) is 4.69. The van der Waals surface area contributed by atoms with Crippen molar-refractivity contribution in [2.75, 3.05) is 5.32 Å². The van der Waals surface area contributed by atoms with Crippen molar-refractivity contribution < 1.29 is 0 Å². The van der Waals surface area contributed by atoms with Crippen LogP contribution in [0.1, 0.15) is 47.0 Å². The van der Waals surface area contributed by atoms with Crippen molar-refractivity contribution in [2.45, 2.75) is 53.0 Å². The second-order valence-electron chi connectivity index (χ2n) is 7.61. The predicted molar refractivity (Wildman–Crippen MR) is 86.2 cm³/mol. The molecule has 4 heteroatoms. The normalized spacial score (nSPS) is 22.0. The molecule has 0 aromatic carbocycles. The van der Waals surface area contributed by atoms with E-state index >= 15 is 0 Å². The molecule has 2 heterocycles. The monoisotopic (exact) mass is 289 g/mol. The van der Waals surface area contributed by atoms with Gasteiger partial charge in [-0.05, 0) is 41.5 Å². The number of hydrogen-bond acceptors (Lipinski definition) is 4. The molecule has 1 aliphatic rings. The van der Waals surface area contributed by atoms with Crippen LogP contribution in [-0.2, 0) is 0 Å². The van der Waals surface area contributed by atoms with Crippen molar-refractivity contribution in [2.24, 2.45) is 10.8 Å². The van der Waals surface area contributed by atoms with Gasteiger partial charge in [-0.1, -0.05) is 27.7 Å². The molecule has 0 aliphatic heterocycles. The van der Waals surface area contributed by atoms with Gasteiger partial charge in [-0.2, -0.15) is 0 Å². The van der Waals surface area contributed by atoms with E-state index in [1.165, 1.54) is 24.0 Å². The quantitative estimate of drug-likeness (QED) is 0.870. The highest BCUT2D eigenvalue weighted by Crippen LogP contribution is 2.46. The van der Waals surface area contributed by atoms with Crippen LogP contribution < -0.4 is 5.32 Å². The summed E-state index contributed by atoms with van der Waals surface area (Å²) in [7, 11) is 0. The van der Waals surface area contributed by atoms with Crippen LogP contribution >= 0.6 is 11.3 Å². The first-order chi connectivity index (χ1) is 9.35. The zero-order chi connectivity index (χ0) is 14.4. The summed E-state index contributed by atoms with van der Waals surface area (Å²) in [6.45, 7) is 9.51. The van der Waals surface area contributed by atoms with Crippen LogP contribution in [0.15, 0.2) is 17.8 Å². The van der Waals surface area contributed by atoms with Gasteiger partial charge in [0.15, 0.2) is 0 Å². The first kappa shape index (κ1) is 13.8. The standard InChI is InChI=1S/C16H23N3S/c1-15(2)7-11(8-16(3,4)9-15)19-14-13-12(5-6-20-13)17-10-18-14/h5-6,10-11H,7-9H2,1-4H3,(H,17,18,19). The Kier molecular flexibility index (Phi) is 3.24. The lowest BCUT2D eigenvalue weighted by molar-refractivity contribution is 0.105. The van der Waals surface area contributed by atoms with Crippen molar-refractivity contribution in [3.05, 3.63) is 17.8 Å². The average Bonchev–Trinajstić information content (AvgIpc) is 2.73. The van der Waals surface area contributed by atoms with Gasteiger partial charge < -0.3 is 5.32 Å². The highest BCUT2D eigenvalue weighted by Gasteiger charge is 2.38. The summed E-state index contributed by atoms with van der Waals surface area (Å²) in [5.41, 5.74) is 1.82. The van der Waals surface area contributed by atoms with Crippen molar-refractivity contribution in [3.63, 3.8) is 0 Å². The molecule has 1 saturated carbocycles. The van der Waals surface area contributed by atoms with Gasteiger partial charge in [0.2, 0.25) is 0 Å². The van der Waals surface area contributed by atoms with E-state index < -0.39 is 0 Å². The van der Waals surface area contributed by atoms with Gasteiger partial charge in [0.1, 0.15) is 12.1 Å². The highest BCUT2D eigenvalue weighted by atomic mass is 32.1. The van der Waals surface area contributed by atoms with Crippen LogP contribution in [0.25, 0.3) is 10.2 Å². The third-order valence-electron chi connectivity index (χ3n) is 4.14. The average molecular weight is 289 g/mol. The minimum absolute atomic E-state index is 0.390. The smallest absolute Gasteiger partial charge is 0.147 e. The molecule has 0 saturated heterocycles. The Morgan fingerprint density at radius 2 is 1.85 bits per heavy atom. The van der Waals surface area contributed by atoms with Gasteiger partial charge >= 0.3 is 0 Å². The summed E-state index contributed by atoms with van der Waals surface area (Å²) in [5, 5.41) is 5.76. The van der Waals surface area contributed by atoms with Crippen molar-refractivity contribution in [1.82, 2.24) is 9.97 Å². The van der Waals surface area contributed by atoms with Gasteiger partial charge in [0, 0.05) is 6.04 Å². The maximum absolute atomic E-state index is 4.46. The Hall–Kier alpha value is -1.16. The molecule has 2 aromatic rings. The van der Waals surface area contributed by atoms with E-state index in [-0.39, 0.29) is 0 Å². The maximum atomic E-state index is 4.46. The topological polar surface area (TPSA) is 37.8 Å². The molecule has 0 radical (unpaired) electrons. The fraction of sp³-hybridized carbons (Fsp3) is 0.625. The molecule has 2 aromatic heterocycles. The van der Waals surface area contributed by atoms with E-state index in [1.54, 1.807) is 17.7 Å². The van der Waals surface area contributed by atoms with Crippen LogP contribution in [-0.4, -0.2) is 16.0 Å². The van der Waals surface area contributed by atoms with Crippen LogP contribution in [0.2, 0.25) is 0 Å². The van der Waals surface area contributed by atoms with Gasteiger partial charge in [0.25, 0.3) is 0 Å². The number of nitrogens with zero attached hydrogens (tertiary/aromatic N) is 2. The molecular formula is C16H23N3S. The number of rotatable bonds is 2. The first-order valence-electron chi connectivity index (χ1n) is 7.29. The molecule has 0 amide bonds. The van der Waals surface area contributed by atoms with Crippen molar-refractivity contribution >= 4 is 27.4 Å². The summed E-state index contributed by atoms with van der Waals surface area (Å²) in [6, 6.07) is 2.55. The minimum Gasteiger partial charge on any atom is -0.366 e. The summed E-state index contributed by atoms with van der Waals surface area (Å²) in [5.74, 6) is 1.00. The van der Waals surface area contributed by atoms with Crippen LogP contribution in [0.5, 0.6) is 0 Å². The second-order valence-corrected chi connectivity index (χ2v) is 8.53. The molecule has 3 nitrogen and oxygen atoms in total. The highest BCUT2D eigenvalue weighted by molar-refractivity contribution is 7.17. The number of nitrogens with one attached hydrogen (secondary N) is 1. The van der Waals surface area contributed by atoms with Crippen LogP contribution in [0.4, 0.5) is 5.82 Å². The van der Waals surface area contributed by atoms with Crippen LogP contribution in [0, 0.1) is 10.8 Å². The summed E-state index contributed by atoms with van der Waals surface area (Å²) in [4.78, 5) is 8.77. The van der Waals surface area contributed by atoms with Gasteiger partial charge in [-0.15, -0.1) is 11.3 Å². The SMILES string of the molecule is CC1(C)CC(Nc2ncnc3ccsc23)CC(C)(C)C1. The number of hydrogen-bond donors (Lipinski definition) is 1. The van der Waals surface area contributed by atoms with Gasteiger partial charge in [-0.25, -0.2) is 9.97 Å². The molecular weight excluding hydrogens is 266 g/mol. The number of thiophene rings is 1. The molecule has 1 aliphatic carbocycles. The Labute approximate surface area is 124 Å². The van der Waals surface area contributed by atoms with E-state index in [0.717, 1.165) is 11.3 Å². The third kappa shape index (κ3) is 2.80. The Morgan fingerprint density at radius 3 is 2.55 bits per heavy atom. The lowest BCUT2D eigenvalue weighted by Crippen LogP contribution is -2.40. The molecule has 20 heavy (non-hydrogen) atoms. The molecule has 0 bridgehead atoms. The van der Waals surface area contributed by atoms with Crippen LogP contribution in [0.3, 0.4) is 0 Å². The Morgan fingerprint density at radius 1 is 1.15 bits per heavy atom. The van der Waals surface area contributed by atoms with Crippen molar-refractivity contribution in [3.8, 4) is 0 Å².